The van der Waals surface area contributed by atoms with E-state index in [0.29, 0.717) is 5.58 Å². The third-order valence-corrected chi connectivity index (χ3v) is 3.97. The quantitative estimate of drug-likeness (QED) is 0.543. The summed E-state index contributed by atoms with van der Waals surface area (Å²) >= 11 is 0. The molecule has 0 saturated carbocycles. The zero-order valence-corrected chi connectivity index (χ0v) is 14.3. The molecule has 1 aliphatic heterocycles. The fraction of sp³-hybridized carbons (Fsp3) is 0.471. The lowest BCUT2D eigenvalue weighted by atomic mass is 10.1. The standard InChI is InChI=1S/C15H20FN3O.C2H2O4/c16-12-6-7-13-14(18-20-15(13)11-12)5-4-8-17-19-9-2-1-3-10-19;3-1(4)2(5)6/h6-7,11,17H,1-5,8-10H2;(H,3,4)(H,5,6). The van der Waals surface area contributed by atoms with Gasteiger partial charge in [0.1, 0.15) is 5.82 Å². The van der Waals surface area contributed by atoms with Crippen molar-refractivity contribution in [3.05, 3.63) is 29.7 Å². The number of carbonyl (C=O) groups is 2. The van der Waals surface area contributed by atoms with E-state index in [0.717, 1.165) is 43.6 Å². The highest BCUT2D eigenvalue weighted by atomic mass is 19.1. The largest absolute Gasteiger partial charge is 0.473 e. The number of hydrogen-bond acceptors (Lipinski definition) is 6. The van der Waals surface area contributed by atoms with Crippen molar-refractivity contribution < 1.29 is 28.7 Å². The lowest BCUT2D eigenvalue weighted by Crippen LogP contribution is -2.42. The average Bonchev–Trinajstić information content (AvgIpc) is 3.02. The molecule has 0 atom stereocenters. The highest BCUT2D eigenvalue weighted by molar-refractivity contribution is 6.27. The summed E-state index contributed by atoms with van der Waals surface area (Å²) in [5.41, 5.74) is 4.90. The Hall–Kier alpha value is -2.52. The van der Waals surface area contributed by atoms with Crippen LogP contribution in [0.15, 0.2) is 22.7 Å². The smallest absolute Gasteiger partial charge is 0.414 e. The number of aliphatic carboxylic acids is 2. The number of fused-ring (bicyclic) bond motifs is 1. The average molecular weight is 367 g/mol. The minimum Gasteiger partial charge on any atom is -0.473 e. The Morgan fingerprint density at radius 1 is 1.19 bits per heavy atom. The summed E-state index contributed by atoms with van der Waals surface area (Å²) < 4.78 is 18.2. The molecule has 1 aliphatic rings. The summed E-state index contributed by atoms with van der Waals surface area (Å²) in [7, 11) is 0. The number of aryl methyl sites for hydroxylation is 1. The number of hydrogen-bond donors (Lipinski definition) is 3. The number of rotatable bonds is 5. The number of hydrazine groups is 1. The first-order valence-electron chi connectivity index (χ1n) is 8.46. The van der Waals surface area contributed by atoms with Gasteiger partial charge in [-0.1, -0.05) is 11.6 Å². The first-order valence-corrected chi connectivity index (χ1v) is 8.46. The molecule has 1 fully saturated rings. The number of aromatic nitrogens is 1. The second-order valence-electron chi connectivity index (χ2n) is 5.94. The van der Waals surface area contributed by atoms with Gasteiger partial charge in [-0.2, -0.15) is 0 Å². The van der Waals surface area contributed by atoms with Crippen LogP contribution in [0.5, 0.6) is 0 Å². The normalized spacial score (nSPS) is 14.7. The zero-order chi connectivity index (χ0) is 18.9. The second kappa shape index (κ2) is 9.83. The van der Waals surface area contributed by atoms with Crippen LogP contribution in [-0.4, -0.2) is 52.0 Å². The molecule has 0 bridgehead atoms. The number of halogens is 1. The first-order chi connectivity index (χ1) is 12.5. The van der Waals surface area contributed by atoms with Crippen LogP contribution in [0.25, 0.3) is 11.0 Å². The van der Waals surface area contributed by atoms with Crippen molar-refractivity contribution in [2.24, 2.45) is 0 Å². The van der Waals surface area contributed by atoms with Crippen LogP contribution in [0, 0.1) is 5.82 Å². The number of carboxylic acids is 2. The zero-order valence-electron chi connectivity index (χ0n) is 14.3. The Balaban J connectivity index is 0.000000352. The predicted molar refractivity (Wildman–Crippen MR) is 91.0 cm³/mol. The molecule has 0 unspecified atom stereocenters. The van der Waals surface area contributed by atoms with Gasteiger partial charge < -0.3 is 14.7 Å². The van der Waals surface area contributed by atoms with Crippen molar-refractivity contribution in [2.75, 3.05) is 19.6 Å². The highest BCUT2D eigenvalue weighted by Gasteiger charge is 2.11. The van der Waals surface area contributed by atoms with Gasteiger partial charge in [0.2, 0.25) is 0 Å². The van der Waals surface area contributed by atoms with Crippen LogP contribution >= 0.6 is 0 Å². The molecule has 0 spiro atoms. The molecule has 26 heavy (non-hydrogen) atoms. The Morgan fingerprint density at radius 3 is 2.54 bits per heavy atom. The van der Waals surface area contributed by atoms with E-state index in [-0.39, 0.29) is 5.82 Å². The van der Waals surface area contributed by atoms with E-state index in [1.165, 1.54) is 31.4 Å². The van der Waals surface area contributed by atoms with E-state index in [1.54, 1.807) is 6.07 Å². The Bertz CT molecular complexity index is 731. The van der Waals surface area contributed by atoms with Gasteiger partial charge in [0.25, 0.3) is 0 Å². The summed E-state index contributed by atoms with van der Waals surface area (Å²) in [6.07, 6.45) is 5.76. The van der Waals surface area contributed by atoms with E-state index in [1.807, 2.05) is 0 Å². The van der Waals surface area contributed by atoms with Crippen molar-refractivity contribution in [2.45, 2.75) is 32.1 Å². The molecule has 1 aromatic carbocycles. The van der Waals surface area contributed by atoms with E-state index in [9.17, 15) is 4.39 Å². The van der Waals surface area contributed by atoms with Crippen molar-refractivity contribution in [3.63, 3.8) is 0 Å². The van der Waals surface area contributed by atoms with Crippen LogP contribution in [0.4, 0.5) is 4.39 Å². The maximum Gasteiger partial charge on any atom is 0.414 e. The minimum atomic E-state index is -1.82. The predicted octanol–water partition coefficient (Wildman–Crippen LogP) is 2.05. The van der Waals surface area contributed by atoms with Crippen LogP contribution in [0.1, 0.15) is 31.4 Å². The van der Waals surface area contributed by atoms with Gasteiger partial charge in [-0.05, 0) is 37.8 Å². The number of nitrogens with one attached hydrogen (secondary N) is 1. The van der Waals surface area contributed by atoms with E-state index in [2.05, 4.69) is 15.6 Å². The molecule has 0 aliphatic carbocycles. The molecule has 3 N–H and O–H groups in total. The van der Waals surface area contributed by atoms with Crippen LogP contribution in [-0.2, 0) is 16.0 Å². The number of carboxylic acid groups (broad SMARTS) is 2. The third-order valence-electron chi connectivity index (χ3n) is 3.97. The lowest BCUT2D eigenvalue weighted by Gasteiger charge is -2.27. The molecule has 2 aromatic rings. The number of benzene rings is 1. The molecule has 1 saturated heterocycles. The van der Waals surface area contributed by atoms with Crippen molar-refractivity contribution in [3.8, 4) is 0 Å². The molecular weight excluding hydrogens is 345 g/mol. The summed E-state index contributed by atoms with van der Waals surface area (Å²) in [6.45, 7) is 3.23. The topological polar surface area (TPSA) is 116 Å². The monoisotopic (exact) mass is 367 g/mol. The van der Waals surface area contributed by atoms with Crippen LogP contribution < -0.4 is 5.43 Å². The number of piperidine rings is 1. The van der Waals surface area contributed by atoms with Gasteiger partial charge >= 0.3 is 11.9 Å². The molecule has 0 radical (unpaired) electrons. The van der Waals surface area contributed by atoms with Gasteiger partial charge in [-0.15, -0.1) is 0 Å². The fourth-order valence-corrected chi connectivity index (χ4v) is 2.69. The van der Waals surface area contributed by atoms with Crippen molar-refractivity contribution >= 4 is 22.9 Å². The van der Waals surface area contributed by atoms with E-state index in [4.69, 9.17) is 24.3 Å². The van der Waals surface area contributed by atoms with Crippen LogP contribution in [0.2, 0.25) is 0 Å². The van der Waals surface area contributed by atoms with Gasteiger partial charge in [0, 0.05) is 31.1 Å². The van der Waals surface area contributed by atoms with Crippen LogP contribution in [0.3, 0.4) is 0 Å². The molecule has 0 amide bonds. The fourth-order valence-electron chi connectivity index (χ4n) is 2.69. The lowest BCUT2D eigenvalue weighted by molar-refractivity contribution is -0.159. The maximum atomic E-state index is 13.1. The molecule has 142 valence electrons. The van der Waals surface area contributed by atoms with Crippen molar-refractivity contribution in [1.29, 1.82) is 0 Å². The summed E-state index contributed by atoms with van der Waals surface area (Å²) in [4.78, 5) is 18.2. The molecule has 9 heteroatoms. The minimum absolute atomic E-state index is 0.285. The summed E-state index contributed by atoms with van der Waals surface area (Å²) in [5, 5.41) is 22.0. The third kappa shape index (κ3) is 6.08. The van der Waals surface area contributed by atoms with Gasteiger partial charge in [0.05, 0.1) is 5.69 Å². The van der Waals surface area contributed by atoms with Gasteiger partial charge in [-0.25, -0.2) is 19.0 Å². The SMILES string of the molecule is Fc1ccc2c(CCCNN3CCCCC3)noc2c1.O=C(O)C(=O)O. The molecular formula is C17H22FN3O5. The van der Waals surface area contributed by atoms with E-state index >= 15 is 0 Å². The Labute approximate surface area is 149 Å². The van der Waals surface area contributed by atoms with Crippen molar-refractivity contribution in [1.82, 2.24) is 15.6 Å². The Kier molecular flexibility index (Phi) is 7.49. The molecule has 2 heterocycles. The van der Waals surface area contributed by atoms with Gasteiger partial charge in [0.15, 0.2) is 5.58 Å². The Morgan fingerprint density at radius 2 is 1.88 bits per heavy atom. The molecule has 1 aromatic heterocycles. The highest BCUT2D eigenvalue weighted by Crippen LogP contribution is 2.20. The summed E-state index contributed by atoms with van der Waals surface area (Å²) in [6, 6.07) is 4.58. The van der Waals surface area contributed by atoms with E-state index < -0.39 is 11.9 Å². The first kappa shape index (κ1) is 19.8. The maximum absolute atomic E-state index is 13.1. The summed E-state index contributed by atoms with van der Waals surface area (Å²) in [5.74, 6) is -3.93. The number of nitrogens with zero attached hydrogens (tertiary/aromatic N) is 2. The molecule has 3 rings (SSSR count). The van der Waals surface area contributed by atoms with Gasteiger partial charge in [-0.3, -0.25) is 5.43 Å². The second-order valence-corrected chi connectivity index (χ2v) is 5.94. The molecule has 8 nitrogen and oxygen atoms in total.